The predicted molar refractivity (Wildman–Crippen MR) is 45.3 cm³/mol. The Labute approximate surface area is 79.0 Å². The van der Waals surface area contributed by atoms with Crippen LogP contribution in [0.3, 0.4) is 0 Å². The highest BCUT2D eigenvalue weighted by atomic mass is 19.2. The largest absolute Gasteiger partial charge is 0.491 e. The lowest BCUT2D eigenvalue weighted by Crippen LogP contribution is -1.96. The van der Waals surface area contributed by atoms with Gasteiger partial charge in [-0.2, -0.15) is 9.38 Å². The number of nitrogens with zero attached hydrogens (tertiary/aromatic N) is 1. The fraction of sp³-hybridized carbons (Fsp3) is 0.222. The maximum absolute atomic E-state index is 13.1. The van der Waals surface area contributed by atoms with E-state index in [9.17, 15) is 13.6 Å². The number of rotatable bonds is 3. The zero-order valence-electron chi connectivity index (χ0n) is 7.38. The van der Waals surface area contributed by atoms with Gasteiger partial charge in [-0.1, -0.05) is 0 Å². The van der Waals surface area contributed by atoms with Crippen LogP contribution in [0.4, 0.5) is 14.5 Å². The molecule has 0 aromatic heterocycles. The first-order valence-corrected chi connectivity index (χ1v) is 3.89. The van der Waals surface area contributed by atoms with Gasteiger partial charge < -0.3 is 4.74 Å². The topological polar surface area (TPSA) is 38.7 Å². The third-order valence-corrected chi connectivity index (χ3v) is 1.49. The Morgan fingerprint density at radius 2 is 2.14 bits per heavy atom. The third kappa shape index (κ3) is 1.95. The van der Waals surface area contributed by atoms with Gasteiger partial charge in [-0.15, -0.1) is 0 Å². The van der Waals surface area contributed by atoms with Gasteiger partial charge in [-0.25, -0.2) is 9.18 Å². The van der Waals surface area contributed by atoms with Crippen molar-refractivity contribution in [3.8, 4) is 5.75 Å². The normalized spacial score (nSPS) is 9.36. The lowest BCUT2D eigenvalue weighted by molar-refractivity contribution is 0.314. The molecule has 3 nitrogen and oxygen atoms in total. The molecular weight excluding hydrogens is 192 g/mol. The molecule has 1 rings (SSSR count). The summed E-state index contributed by atoms with van der Waals surface area (Å²) >= 11 is 0. The van der Waals surface area contributed by atoms with Gasteiger partial charge >= 0.3 is 0 Å². The molecule has 0 N–H and O–H groups in total. The number of aliphatic imine (C=N–C) groups is 1. The van der Waals surface area contributed by atoms with Gasteiger partial charge in [0.2, 0.25) is 11.9 Å². The average molecular weight is 199 g/mol. The molecule has 74 valence electrons. The summed E-state index contributed by atoms with van der Waals surface area (Å²) < 4.78 is 30.9. The molecule has 0 aliphatic rings. The molecule has 0 saturated heterocycles. The number of halogens is 2. The number of hydrogen-bond donors (Lipinski definition) is 0. The molecule has 14 heavy (non-hydrogen) atoms. The molecule has 0 atom stereocenters. The fourth-order valence-electron chi connectivity index (χ4n) is 0.924. The molecule has 0 spiro atoms. The van der Waals surface area contributed by atoms with Gasteiger partial charge in [0.25, 0.3) is 0 Å². The quantitative estimate of drug-likeness (QED) is 0.553. The van der Waals surface area contributed by atoms with Crippen molar-refractivity contribution in [3.63, 3.8) is 0 Å². The molecule has 0 aliphatic carbocycles. The first kappa shape index (κ1) is 10.3. The summed E-state index contributed by atoms with van der Waals surface area (Å²) in [5.74, 6) is -2.56. The maximum atomic E-state index is 13.1. The summed E-state index contributed by atoms with van der Waals surface area (Å²) in [7, 11) is 0. The number of carbonyl (C=O) groups excluding carboxylic acids is 1. The third-order valence-electron chi connectivity index (χ3n) is 1.49. The van der Waals surface area contributed by atoms with E-state index in [1.807, 2.05) is 0 Å². The van der Waals surface area contributed by atoms with Crippen LogP contribution in [0.25, 0.3) is 0 Å². The van der Waals surface area contributed by atoms with Crippen molar-refractivity contribution in [2.75, 3.05) is 6.61 Å². The number of benzene rings is 1. The molecule has 0 unspecified atom stereocenters. The van der Waals surface area contributed by atoms with Crippen molar-refractivity contribution < 1.29 is 18.3 Å². The molecule has 1 aromatic carbocycles. The number of ether oxygens (including phenoxy) is 1. The van der Waals surface area contributed by atoms with Crippen LogP contribution in [-0.2, 0) is 4.79 Å². The van der Waals surface area contributed by atoms with Crippen LogP contribution < -0.4 is 4.74 Å². The van der Waals surface area contributed by atoms with Crippen molar-refractivity contribution in [1.29, 1.82) is 0 Å². The van der Waals surface area contributed by atoms with Crippen LogP contribution in [0, 0.1) is 11.6 Å². The van der Waals surface area contributed by atoms with E-state index in [1.165, 1.54) is 6.07 Å². The van der Waals surface area contributed by atoms with Gasteiger partial charge in [0, 0.05) is 0 Å². The Morgan fingerprint density at radius 3 is 2.71 bits per heavy atom. The van der Waals surface area contributed by atoms with Crippen molar-refractivity contribution >= 4 is 11.8 Å². The van der Waals surface area contributed by atoms with E-state index in [0.29, 0.717) is 0 Å². The minimum atomic E-state index is -1.21. The van der Waals surface area contributed by atoms with Gasteiger partial charge in [-0.3, -0.25) is 0 Å². The second kappa shape index (κ2) is 4.48. The Morgan fingerprint density at radius 1 is 1.43 bits per heavy atom. The van der Waals surface area contributed by atoms with Gasteiger partial charge in [0.1, 0.15) is 5.69 Å². The minimum absolute atomic E-state index is 0.199. The van der Waals surface area contributed by atoms with Crippen LogP contribution >= 0.6 is 0 Å². The lowest BCUT2D eigenvalue weighted by atomic mass is 10.3. The SMILES string of the molecule is CCOc1ccc(N=C=O)c(F)c1F. The lowest BCUT2D eigenvalue weighted by Gasteiger charge is -2.05. The van der Waals surface area contributed by atoms with Crippen molar-refractivity contribution in [1.82, 2.24) is 0 Å². The van der Waals surface area contributed by atoms with Gasteiger partial charge in [0.05, 0.1) is 6.61 Å². The van der Waals surface area contributed by atoms with Crippen LogP contribution in [0.15, 0.2) is 17.1 Å². The highest BCUT2D eigenvalue weighted by Crippen LogP contribution is 2.27. The summed E-state index contributed by atoms with van der Waals surface area (Å²) in [5, 5.41) is 0. The second-order valence-corrected chi connectivity index (χ2v) is 2.35. The van der Waals surface area contributed by atoms with E-state index < -0.39 is 11.6 Å². The van der Waals surface area contributed by atoms with E-state index in [-0.39, 0.29) is 18.0 Å². The van der Waals surface area contributed by atoms with Gasteiger partial charge in [0.15, 0.2) is 11.6 Å². The monoisotopic (exact) mass is 199 g/mol. The van der Waals surface area contributed by atoms with Crippen LogP contribution in [0.2, 0.25) is 0 Å². The summed E-state index contributed by atoms with van der Waals surface area (Å²) in [6, 6.07) is 2.35. The fourth-order valence-corrected chi connectivity index (χ4v) is 0.924. The van der Waals surface area contributed by atoms with E-state index in [4.69, 9.17) is 4.74 Å². The first-order chi connectivity index (χ1) is 6.70. The molecule has 0 bridgehead atoms. The molecule has 0 radical (unpaired) electrons. The van der Waals surface area contributed by atoms with Crippen LogP contribution in [0.5, 0.6) is 5.75 Å². The second-order valence-electron chi connectivity index (χ2n) is 2.35. The molecule has 0 saturated carbocycles. The van der Waals surface area contributed by atoms with Crippen LogP contribution in [0.1, 0.15) is 6.92 Å². The molecule has 0 amide bonds. The van der Waals surface area contributed by atoms with E-state index in [2.05, 4.69) is 4.99 Å². The molecular formula is C9H7F2NO2. The molecule has 0 fully saturated rings. The smallest absolute Gasteiger partial charge is 0.240 e. The molecule has 0 aliphatic heterocycles. The van der Waals surface area contributed by atoms with E-state index >= 15 is 0 Å². The summed E-state index contributed by atoms with van der Waals surface area (Å²) in [6.45, 7) is 1.88. The average Bonchev–Trinajstić information content (AvgIpc) is 2.18. The number of isocyanates is 1. The van der Waals surface area contributed by atoms with Crippen molar-refractivity contribution in [3.05, 3.63) is 23.8 Å². The van der Waals surface area contributed by atoms with Crippen molar-refractivity contribution in [2.45, 2.75) is 6.92 Å². The Balaban J connectivity index is 3.18. The van der Waals surface area contributed by atoms with Crippen LogP contribution in [-0.4, -0.2) is 12.7 Å². The maximum Gasteiger partial charge on any atom is 0.240 e. The minimum Gasteiger partial charge on any atom is -0.491 e. The molecule has 0 heterocycles. The van der Waals surface area contributed by atoms with Gasteiger partial charge in [-0.05, 0) is 19.1 Å². The zero-order valence-corrected chi connectivity index (χ0v) is 7.38. The van der Waals surface area contributed by atoms with E-state index in [1.54, 1.807) is 6.92 Å². The highest BCUT2D eigenvalue weighted by Gasteiger charge is 2.13. The molecule has 1 aromatic rings. The summed E-state index contributed by atoms with van der Waals surface area (Å²) in [4.78, 5) is 12.8. The standard InChI is InChI=1S/C9H7F2NO2/c1-2-14-7-4-3-6(12-5-13)8(10)9(7)11/h3-4H,2H2,1H3. The predicted octanol–water partition coefficient (Wildman–Crippen LogP) is 2.33. The Kier molecular flexibility index (Phi) is 3.31. The summed E-state index contributed by atoms with van der Waals surface area (Å²) in [6.07, 6.45) is 1.13. The zero-order chi connectivity index (χ0) is 10.6. The highest BCUT2D eigenvalue weighted by molar-refractivity contribution is 5.51. The van der Waals surface area contributed by atoms with E-state index in [0.717, 1.165) is 12.1 Å². The Bertz CT molecular complexity index is 387. The Hall–Kier alpha value is -1.74. The summed E-state index contributed by atoms with van der Waals surface area (Å²) in [5.41, 5.74) is -0.388. The molecule has 5 heteroatoms. The number of hydrogen-bond acceptors (Lipinski definition) is 3. The van der Waals surface area contributed by atoms with Crippen molar-refractivity contribution in [2.24, 2.45) is 4.99 Å². The first-order valence-electron chi connectivity index (χ1n) is 3.89.